The van der Waals surface area contributed by atoms with Gasteiger partial charge in [-0.1, -0.05) is 35.3 Å². The minimum Gasteiger partial charge on any atom is -0.467 e. The Labute approximate surface area is 132 Å². The molecule has 1 unspecified atom stereocenters. The molecule has 1 amide bonds. The number of hydrogen-bond donors (Lipinski definition) is 2. The second-order valence-corrected chi connectivity index (χ2v) is 5.32. The fourth-order valence-corrected chi connectivity index (χ4v) is 2.37. The van der Waals surface area contributed by atoms with E-state index in [-0.39, 0.29) is 18.9 Å². The van der Waals surface area contributed by atoms with E-state index in [9.17, 15) is 9.90 Å². The Morgan fingerprint density at radius 1 is 1.29 bits per heavy atom. The number of amides is 1. The van der Waals surface area contributed by atoms with Gasteiger partial charge in [-0.15, -0.1) is 0 Å². The summed E-state index contributed by atoms with van der Waals surface area (Å²) in [7, 11) is 0. The van der Waals surface area contributed by atoms with Gasteiger partial charge in [-0.05, 0) is 30.2 Å². The number of carbonyl (C=O) groups excluding carboxylic acids is 1. The Balaban J connectivity index is 1.91. The summed E-state index contributed by atoms with van der Waals surface area (Å²) < 4.78 is 5.17. The fraction of sp³-hybridized carbons (Fsp3) is 0.267. The molecule has 2 aromatic rings. The van der Waals surface area contributed by atoms with E-state index in [1.807, 2.05) is 6.07 Å². The largest absolute Gasteiger partial charge is 0.467 e. The van der Waals surface area contributed by atoms with Crippen molar-refractivity contribution < 1.29 is 14.3 Å². The molecular formula is C15H15Cl2NO3. The SMILES string of the molecule is O=C(CCc1cccc(Cl)c1Cl)NC(CO)c1ccco1. The molecule has 112 valence electrons. The average molecular weight is 328 g/mol. The zero-order valence-electron chi connectivity index (χ0n) is 11.2. The molecule has 0 saturated carbocycles. The number of furan rings is 1. The topological polar surface area (TPSA) is 62.5 Å². The Morgan fingerprint density at radius 3 is 2.76 bits per heavy atom. The molecule has 0 aliphatic carbocycles. The lowest BCUT2D eigenvalue weighted by atomic mass is 10.1. The van der Waals surface area contributed by atoms with Gasteiger partial charge in [0.25, 0.3) is 0 Å². The van der Waals surface area contributed by atoms with Gasteiger partial charge in [0.2, 0.25) is 5.91 Å². The highest BCUT2D eigenvalue weighted by Crippen LogP contribution is 2.26. The third kappa shape index (κ3) is 4.24. The normalized spacial score (nSPS) is 12.1. The Morgan fingerprint density at radius 2 is 2.10 bits per heavy atom. The molecule has 0 fully saturated rings. The van der Waals surface area contributed by atoms with Crippen LogP contribution in [-0.4, -0.2) is 17.6 Å². The highest BCUT2D eigenvalue weighted by atomic mass is 35.5. The molecule has 0 aliphatic rings. The first-order valence-corrected chi connectivity index (χ1v) is 7.24. The maximum Gasteiger partial charge on any atom is 0.220 e. The number of halogens is 2. The lowest BCUT2D eigenvalue weighted by Gasteiger charge is -2.14. The number of benzene rings is 1. The van der Waals surface area contributed by atoms with Crippen LogP contribution in [0.15, 0.2) is 41.0 Å². The minimum absolute atomic E-state index is 0.193. The first-order valence-electron chi connectivity index (χ1n) is 6.48. The van der Waals surface area contributed by atoms with Crippen LogP contribution in [0.1, 0.15) is 23.8 Å². The zero-order chi connectivity index (χ0) is 15.2. The van der Waals surface area contributed by atoms with Gasteiger partial charge in [0, 0.05) is 6.42 Å². The number of carbonyl (C=O) groups is 1. The number of rotatable bonds is 6. The highest BCUT2D eigenvalue weighted by molar-refractivity contribution is 6.42. The summed E-state index contributed by atoms with van der Waals surface area (Å²) >= 11 is 12.0. The number of hydrogen-bond acceptors (Lipinski definition) is 3. The van der Waals surface area contributed by atoms with E-state index >= 15 is 0 Å². The van der Waals surface area contributed by atoms with Crippen molar-refractivity contribution in [2.75, 3.05) is 6.61 Å². The molecule has 2 N–H and O–H groups in total. The molecule has 1 aromatic heterocycles. The molecule has 1 heterocycles. The monoisotopic (exact) mass is 327 g/mol. The number of aliphatic hydroxyl groups excluding tert-OH is 1. The van der Waals surface area contributed by atoms with E-state index < -0.39 is 6.04 Å². The summed E-state index contributed by atoms with van der Waals surface area (Å²) in [4.78, 5) is 11.9. The van der Waals surface area contributed by atoms with E-state index in [4.69, 9.17) is 27.6 Å². The molecule has 4 nitrogen and oxygen atoms in total. The average Bonchev–Trinajstić information content (AvgIpc) is 3.00. The zero-order valence-corrected chi connectivity index (χ0v) is 12.7. The maximum absolute atomic E-state index is 11.9. The highest BCUT2D eigenvalue weighted by Gasteiger charge is 2.16. The molecule has 1 atom stereocenters. The molecule has 21 heavy (non-hydrogen) atoms. The summed E-state index contributed by atoms with van der Waals surface area (Å²) in [5, 5.41) is 13.0. The molecular weight excluding hydrogens is 313 g/mol. The maximum atomic E-state index is 11.9. The molecule has 0 spiro atoms. The molecule has 0 bridgehead atoms. The van der Waals surface area contributed by atoms with E-state index in [1.54, 1.807) is 24.3 Å². The van der Waals surface area contributed by atoms with Crippen LogP contribution in [0.5, 0.6) is 0 Å². The Kier molecular flexibility index (Phi) is 5.67. The second kappa shape index (κ2) is 7.50. The standard InChI is InChI=1S/C15H15Cl2NO3/c16-11-4-1-3-10(15(11)17)6-7-14(20)18-12(9-19)13-5-2-8-21-13/h1-5,8,12,19H,6-7,9H2,(H,18,20). The van der Waals surface area contributed by atoms with Crippen LogP contribution in [0, 0.1) is 0 Å². The Bertz CT molecular complexity index is 599. The summed E-state index contributed by atoms with van der Waals surface area (Å²) in [6.07, 6.45) is 2.22. The van der Waals surface area contributed by atoms with Gasteiger partial charge in [0.05, 0.1) is 22.9 Å². The molecule has 0 aliphatic heterocycles. The van der Waals surface area contributed by atoms with E-state index in [1.165, 1.54) is 6.26 Å². The first kappa shape index (κ1) is 15.9. The van der Waals surface area contributed by atoms with Crippen LogP contribution in [-0.2, 0) is 11.2 Å². The summed E-state index contributed by atoms with van der Waals surface area (Å²) in [6.45, 7) is -0.225. The van der Waals surface area contributed by atoms with Crippen LogP contribution in [0.4, 0.5) is 0 Å². The van der Waals surface area contributed by atoms with E-state index in [0.717, 1.165) is 5.56 Å². The summed E-state index contributed by atoms with van der Waals surface area (Å²) in [6, 6.07) is 8.19. The van der Waals surface area contributed by atoms with Crippen LogP contribution >= 0.6 is 23.2 Å². The van der Waals surface area contributed by atoms with Gasteiger partial charge >= 0.3 is 0 Å². The van der Waals surface area contributed by atoms with Crippen molar-refractivity contribution in [1.29, 1.82) is 0 Å². The van der Waals surface area contributed by atoms with E-state index in [2.05, 4.69) is 5.32 Å². The van der Waals surface area contributed by atoms with Gasteiger partial charge in [-0.3, -0.25) is 4.79 Å². The quantitative estimate of drug-likeness (QED) is 0.855. The van der Waals surface area contributed by atoms with Gasteiger partial charge < -0.3 is 14.8 Å². The van der Waals surface area contributed by atoms with E-state index in [0.29, 0.717) is 22.2 Å². The van der Waals surface area contributed by atoms with Crippen molar-refractivity contribution in [3.8, 4) is 0 Å². The van der Waals surface area contributed by atoms with Gasteiger partial charge in [0.1, 0.15) is 11.8 Å². The van der Waals surface area contributed by atoms with Crippen molar-refractivity contribution in [2.45, 2.75) is 18.9 Å². The molecule has 0 saturated heterocycles. The third-order valence-electron chi connectivity index (χ3n) is 3.06. The van der Waals surface area contributed by atoms with Crippen LogP contribution < -0.4 is 5.32 Å². The lowest BCUT2D eigenvalue weighted by molar-refractivity contribution is -0.122. The van der Waals surface area contributed by atoms with Crippen molar-refractivity contribution in [3.05, 3.63) is 58.0 Å². The number of aliphatic hydroxyl groups is 1. The van der Waals surface area contributed by atoms with Crippen molar-refractivity contribution >= 4 is 29.1 Å². The number of aryl methyl sites for hydroxylation is 1. The molecule has 2 rings (SSSR count). The van der Waals surface area contributed by atoms with Gasteiger partial charge in [0.15, 0.2) is 0 Å². The minimum atomic E-state index is -0.540. The molecule has 1 aromatic carbocycles. The third-order valence-corrected chi connectivity index (χ3v) is 3.92. The summed E-state index contributed by atoms with van der Waals surface area (Å²) in [5.74, 6) is 0.327. The van der Waals surface area contributed by atoms with Crippen LogP contribution in [0.25, 0.3) is 0 Å². The molecule has 0 radical (unpaired) electrons. The Hall–Kier alpha value is -1.49. The summed E-state index contributed by atoms with van der Waals surface area (Å²) in [5.41, 5.74) is 0.817. The number of nitrogens with one attached hydrogen (secondary N) is 1. The lowest BCUT2D eigenvalue weighted by Crippen LogP contribution is -2.30. The predicted octanol–water partition coefficient (Wildman–Crippen LogP) is 3.37. The smallest absolute Gasteiger partial charge is 0.220 e. The van der Waals surface area contributed by atoms with Gasteiger partial charge in [-0.25, -0.2) is 0 Å². The molecule has 6 heteroatoms. The van der Waals surface area contributed by atoms with Gasteiger partial charge in [-0.2, -0.15) is 0 Å². The van der Waals surface area contributed by atoms with Crippen molar-refractivity contribution in [3.63, 3.8) is 0 Å². The second-order valence-electron chi connectivity index (χ2n) is 4.53. The predicted molar refractivity (Wildman–Crippen MR) is 81.5 cm³/mol. The van der Waals surface area contributed by atoms with Crippen molar-refractivity contribution in [2.24, 2.45) is 0 Å². The van der Waals surface area contributed by atoms with Crippen LogP contribution in [0.2, 0.25) is 10.0 Å². The van der Waals surface area contributed by atoms with Crippen LogP contribution in [0.3, 0.4) is 0 Å². The fourth-order valence-electron chi connectivity index (χ4n) is 1.95. The first-order chi connectivity index (χ1) is 10.1. The van der Waals surface area contributed by atoms with Crippen molar-refractivity contribution in [1.82, 2.24) is 5.32 Å².